The number of carbonyl (C=O) groups excluding carboxylic acids is 1. The van der Waals surface area contributed by atoms with Crippen molar-refractivity contribution in [2.45, 2.75) is 25.5 Å². The Kier molecular flexibility index (Phi) is 4.93. The number of rotatable bonds is 3. The van der Waals surface area contributed by atoms with Crippen molar-refractivity contribution in [3.8, 4) is 0 Å². The summed E-state index contributed by atoms with van der Waals surface area (Å²) in [5.41, 5.74) is 0. The number of ether oxygens (including phenoxy) is 1. The summed E-state index contributed by atoms with van der Waals surface area (Å²) in [4.78, 5) is 16.0. The van der Waals surface area contributed by atoms with Crippen LogP contribution < -0.4 is 0 Å². The van der Waals surface area contributed by atoms with Crippen LogP contribution >= 0.6 is 0 Å². The van der Waals surface area contributed by atoms with Crippen molar-refractivity contribution in [3.05, 3.63) is 0 Å². The molecule has 3 aliphatic heterocycles. The molecule has 0 radical (unpaired) electrons. The smallest absolute Gasteiger partial charge is 0.323 e. The van der Waals surface area contributed by atoms with E-state index in [0.717, 1.165) is 13.1 Å². The summed E-state index contributed by atoms with van der Waals surface area (Å²) in [6.45, 7) is 6.57. The highest BCUT2D eigenvalue weighted by Crippen LogP contribution is 2.22. The van der Waals surface area contributed by atoms with Crippen molar-refractivity contribution in [3.63, 3.8) is 0 Å². The second kappa shape index (κ2) is 6.64. The summed E-state index contributed by atoms with van der Waals surface area (Å²) >= 11 is 0. The molecular weight excluding hydrogens is 320 g/mol. The lowest BCUT2D eigenvalue weighted by molar-refractivity contribution is -0.145. The third kappa shape index (κ3) is 3.53. The van der Waals surface area contributed by atoms with Gasteiger partial charge in [-0.2, -0.15) is 17.0 Å². The van der Waals surface area contributed by atoms with Crippen molar-refractivity contribution in [1.29, 1.82) is 0 Å². The quantitative estimate of drug-likeness (QED) is 0.598. The molecule has 3 aliphatic rings. The van der Waals surface area contributed by atoms with Crippen molar-refractivity contribution >= 4 is 16.2 Å². The van der Waals surface area contributed by atoms with Gasteiger partial charge in [0.25, 0.3) is 10.2 Å². The van der Waals surface area contributed by atoms with Crippen LogP contribution in [0.25, 0.3) is 0 Å². The van der Waals surface area contributed by atoms with Crippen molar-refractivity contribution in [2.24, 2.45) is 0 Å². The Hall–Kier alpha value is -0.740. The van der Waals surface area contributed by atoms with Gasteiger partial charge >= 0.3 is 5.97 Å². The molecule has 0 saturated carbocycles. The number of carbonyl (C=O) groups is 1. The second-order valence-electron chi connectivity index (χ2n) is 6.64. The molecular formula is C14H26N4O4S. The summed E-state index contributed by atoms with van der Waals surface area (Å²) in [5.74, 6) is -0.173. The van der Waals surface area contributed by atoms with Gasteiger partial charge < -0.3 is 9.64 Å². The number of esters is 1. The molecule has 0 aromatic rings. The number of cyclic esters (lactones) is 1. The maximum Gasteiger partial charge on any atom is 0.323 e. The third-order valence-electron chi connectivity index (χ3n) is 4.97. The van der Waals surface area contributed by atoms with Crippen LogP contribution in [0.15, 0.2) is 0 Å². The van der Waals surface area contributed by atoms with E-state index in [4.69, 9.17) is 4.74 Å². The Labute approximate surface area is 138 Å². The fourth-order valence-electron chi connectivity index (χ4n) is 3.46. The van der Waals surface area contributed by atoms with Gasteiger partial charge in [-0.05, 0) is 14.0 Å². The van der Waals surface area contributed by atoms with Crippen LogP contribution in [0.2, 0.25) is 0 Å². The zero-order valence-electron chi connectivity index (χ0n) is 13.8. The minimum absolute atomic E-state index is 0.0420. The normalized spacial score (nSPS) is 33.0. The number of likely N-dealkylation sites (N-methyl/N-ethyl adjacent to an activating group) is 1. The van der Waals surface area contributed by atoms with Gasteiger partial charge in [0, 0.05) is 58.8 Å². The maximum absolute atomic E-state index is 12.7. The van der Waals surface area contributed by atoms with Crippen molar-refractivity contribution in [2.75, 3.05) is 59.4 Å². The zero-order valence-corrected chi connectivity index (χ0v) is 14.7. The molecule has 3 rings (SSSR count). The summed E-state index contributed by atoms with van der Waals surface area (Å²) in [6, 6.07) is -0.210. The summed E-state index contributed by atoms with van der Waals surface area (Å²) in [7, 11) is -1.38. The van der Waals surface area contributed by atoms with Crippen LogP contribution in [-0.2, 0) is 19.7 Å². The van der Waals surface area contributed by atoms with Gasteiger partial charge in [-0.1, -0.05) is 0 Å². The number of piperazine rings is 2. The molecule has 0 unspecified atom stereocenters. The molecule has 0 bridgehead atoms. The molecule has 3 saturated heterocycles. The Morgan fingerprint density at radius 1 is 0.957 bits per heavy atom. The average Bonchev–Trinajstić information content (AvgIpc) is 2.86. The van der Waals surface area contributed by atoms with Crippen LogP contribution in [0, 0.1) is 0 Å². The highest BCUT2D eigenvalue weighted by Gasteiger charge is 2.40. The van der Waals surface area contributed by atoms with Gasteiger partial charge in [0.2, 0.25) is 0 Å². The van der Waals surface area contributed by atoms with E-state index in [9.17, 15) is 13.2 Å². The van der Waals surface area contributed by atoms with Gasteiger partial charge in [0.1, 0.15) is 12.1 Å². The monoisotopic (exact) mass is 346 g/mol. The molecule has 0 N–H and O–H groups in total. The molecule has 8 nitrogen and oxygen atoms in total. The predicted molar refractivity (Wildman–Crippen MR) is 85.1 cm³/mol. The van der Waals surface area contributed by atoms with Gasteiger partial charge in [0.15, 0.2) is 0 Å². The number of hydrogen-bond acceptors (Lipinski definition) is 6. The van der Waals surface area contributed by atoms with Crippen molar-refractivity contribution < 1.29 is 17.9 Å². The number of hydrogen-bond donors (Lipinski definition) is 0. The first kappa shape index (κ1) is 17.1. The molecule has 132 valence electrons. The lowest BCUT2D eigenvalue weighted by atomic mass is 10.1. The maximum atomic E-state index is 12.7. The Morgan fingerprint density at radius 2 is 1.48 bits per heavy atom. The van der Waals surface area contributed by atoms with E-state index < -0.39 is 10.2 Å². The van der Waals surface area contributed by atoms with Crippen molar-refractivity contribution in [1.82, 2.24) is 18.4 Å². The highest BCUT2D eigenvalue weighted by molar-refractivity contribution is 7.86. The van der Waals surface area contributed by atoms with Crippen LogP contribution in [0.1, 0.15) is 13.3 Å². The minimum atomic E-state index is -3.38. The van der Waals surface area contributed by atoms with E-state index in [2.05, 4.69) is 9.80 Å². The first-order chi connectivity index (χ1) is 10.9. The van der Waals surface area contributed by atoms with Crippen LogP contribution in [-0.4, -0.2) is 104 Å². The Morgan fingerprint density at radius 3 is 1.96 bits per heavy atom. The molecule has 0 aromatic heterocycles. The lowest BCUT2D eigenvalue weighted by Crippen LogP contribution is -2.58. The third-order valence-corrected chi connectivity index (χ3v) is 7.01. The van der Waals surface area contributed by atoms with Gasteiger partial charge in [-0.3, -0.25) is 9.69 Å². The predicted octanol–water partition coefficient (Wildman–Crippen LogP) is -1.20. The summed E-state index contributed by atoms with van der Waals surface area (Å²) < 4.78 is 33.8. The molecule has 3 heterocycles. The summed E-state index contributed by atoms with van der Waals surface area (Å²) in [6.07, 6.45) is 0.656. The molecule has 0 amide bonds. The zero-order chi connectivity index (χ0) is 16.6. The fraction of sp³-hybridized carbons (Fsp3) is 0.929. The topological polar surface area (TPSA) is 73.4 Å². The molecule has 3 fully saturated rings. The van der Waals surface area contributed by atoms with E-state index in [1.165, 1.54) is 0 Å². The van der Waals surface area contributed by atoms with Crippen LogP contribution in [0.5, 0.6) is 0 Å². The molecule has 0 aliphatic carbocycles. The van der Waals surface area contributed by atoms with Crippen LogP contribution in [0.3, 0.4) is 0 Å². The van der Waals surface area contributed by atoms with E-state index in [0.29, 0.717) is 45.7 Å². The van der Waals surface area contributed by atoms with Crippen LogP contribution in [0.4, 0.5) is 0 Å². The standard InChI is InChI=1S/C14H26N4O4S/c1-12-11-13(14(19)22-12)16-5-9-18(10-6-16)23(20,21)17-7-3-15(2)4-8-17/h12-13H,3-11H2,1-2H3/t12-,13-/m0/s1. The molecule has 2 atom stereocenters. The number of nitrogens with zero attached hydrogens (tertiary/aromatic N) is 4. The Balaban J connectivity index is 1.57. The van der Waals surface area contributed by atoms with E-state index in [1.54, 1.807) is 8.61 Å². The van der Waals surface area contributed by atoms with E-state index in [-0.39, 0.29) is 18.1 Å². The van der Waals surface area contributed by atoms with Gasteiger partial charge in [-0.15, -0.1) is 0 Å². The molecule has 9 heteroatoms. The Bertz CT molecular complexity index is 539. The minimum Gasteiger partial charge on any atom is -0.461 e. The van der Waals surface area contributed by atoms with E-state index in [1.807, 2.05) is 14.0 Å². The lowest BCUT2D eigenvalue weighted by Gasteiger charge is -2.39. The molecule has 0 aromatic carbocycles. The van der Waals surface area contributed by atoms with Gasteiger partial charge in [-0.25, -0.2) is 0 Å². The first-order valence-electron chi connectivity index (χ1n) is 8.26. The highest BCUT2D eigenvalue weighted by atomic mass is 32.2. The largest absolute Gasteiger partial charge is 0.461 e. The second-order valence-corrected chi connectivity index (χ2v) is 8.57. The van der Waals surface area contributed by atoms with Gasteiger partial charge in [0.05, 0.1) is 0 Å². The average molecular weight is 346 g/mol. The fourth-order valence-corrected chi connectivity index (χ4v) is 5.04. The molecule has 0 spiro atoms. The molecule has 23 heavy (non-hydrogen) atoms. The first-order valence-corrected chi connectivity index (χ1v) is 9.66. The summed E-state index contributed by atoms with van der Waals surface area (Å²) in [5, 5.41) is 0. The van der Waals surface area contributed by atoms with E-state index >= 15 is 0 Å². The SMILES string of the molecule is C[C@H]1C[C@H](N2CCN(S(=O)(=O)N3CCN(C)CC3)CC2)C(=O)O1.